The molecule has 0 spiro atoms. The van der Waals surface area contributed by atoms with Crippen molar-refractivity contribution < 1.29 is 19.2 Å². The summed E-state index contributed by atoms with van der Waals surface area (Å²) in [6.07, 6.45) is 1.55. The van der Waals surface area contributed by atoms with E-state index in [9.17, 15) is 9.59 Å². The van der Waals surface area contributed by atoms with Crippen LogP contribution in [0.1, 0.15) is 27.5 Å². The molecule has 2 aromatic heterocycles. The normalized spacial score (nSPS) is 10.5. The highest BCUT2D eigenvalue weighted by Gasteiger charge is 2.14. The molecule has 20 heavy (non-hydrogen) atoms. The van der Waals surface area contributed by atoms with E-state index >= 15 is 0 Å². The number of amides is 1. The van der Waals surface area contributed by atoms with Crippen molar-refractivity contribution in [2.24, 2.45) is 0 Å². The van der Waals surface area contributed by atoms with E-state index in [-0.39, 0.29) is 19.0 Å². The van der Waals surface area contributed by atoms with Gasteiger partial charge in [0, 0.05) is 18.3 Å². The highest BCUT2D eigenvalue weighted by atomic mass is 16.5. The van der Waals surface area contributed by atoms with Crippen molar-refractivity contribution in [3.8, 4) is 0 Å². The number of carboxylic acid groups (broad SMARTS) is 1. The molecule has 0 saturated heterocycles. The SMILES string of the molecule is Cc1noc(C)c1CNC(=O)c1cccn1CC(=O)O. The van der Waals surface area contributed by atoms with Gasteiger partial charge in [0.15, 0.2) is 0 Å². The fraction of sp³-hybridized carbons (Fsp3) is 0.308. The van der Waals surface area contributed by atoms with Crippen molar-refractivity contribution in [3.05, 3.63) is 41.0 Å². The van der Waals surface area contributed by atoms with Gasteiger partial charge in [0.1, 0.15) is 18.0 Å². The largest absolute Gasteiger partial charge is 0.480 e. The second-order valence-corrected chi connectivity index (χ2v) is 4.40. The van der Waals surface area contributed by atoms with E-state index < -0.39 is 5.97 Å². The molecule has 2 N–H and O–H groups in total. The number of nitrogens with one attached hydrogen (secondary N) is 1. The minimum atomic E-state index is -0.999. The summed E-state index contributed by atoms with van der Waals surface area (Å²) in [5.41, 5.74) is 1.86. The lowest BCUT2D eigenvalue weighted by atomic mass is 10.2. The lowest BCUT2D eigenvalue weighted by molar-refractivity contribution is -0.137. The van der Waals surface area contributed by atoms with E-state index in [2.05, 4.69) is 10.5 Å². The molecule has 0 aromatic carbocycles. The van der Waals surface area contributed by atoms with Gasteiger partial charge in [-0.25, -0.2) is 0 Å². The maximum atomic E-state index is 12.1. The predicted octanol–water partition coefficient (Wildman–Crippen LogP) is 1.11. The Morgan fingerprint density at radius 2 is 2.20 bits per heavy atom. The molecule has 1 amide bonds. The van der Waals surface area contributed by atoms with Crippen molar-refractivity contribution >= 4 is 11.9 Å². The fourth-order valence-corrected chi connectivity index (χ4v) is 1.92. The van der Waals surface area contributed by atoms with Crippen LogP contribution in [0.4, 0.5) is 0 Å². The van der Waals surface area contributed by atoms with Gasteiger partial charge in [0.25, 0.3) is 5.91 Å². The predicted molar refractivity (Wildman–Crippen MR) is 69.2 cm³/mol. The van der Waals surface area contributed by atoms with E-state index in [1.165, 1.54) is 4.57 Å². The molecule has 7 nitrogen and oxygen atoms in total. The number of aryl methyl sites for hydroxylation is 2. The van der Waals surface area contributed by atoms with E-state index in [0.717, 1.165) is 11.3 Å². The molecule has 2 rings (SSSR count). The van der Waals surface area contributed by atoms with Crippen molar-refractivity contribution in [1.82, 2.24) is 15.0 Å². The maximum Gasteiger partial charge on any atom is 0.323 e. The van der Waals surface area contributed by atoms with Gasteiger partial charge >= 0.3 is 5.97 Å². The average molecular weight is 277 g/mol. The van der Waals surface area contributed by atoms with Crippen LogP contribution in [0, 0.1) is 13.8 Å². The standard InChI is InChI=1S/C13H15N3O4/c1-8-10(9(2)20-15-8)6-14-13(19)11-4-3-5-16(11)7-12(17)18/h3-5H,6-7H2,1-2H3,(H,14,19)(H,17,18). The number of aromatic nitrogens is 2. The molecule has 0 atom stereocenters. The molecular formula is C13H15N3O4. The van der Waals surface area contributed by atoms with E-state index in [1.807, 2.05) is 0 Å². The highest BCUT2D eigenvalue weighted by molar-refractivity contribution is 5.93. The van der Waals surface area contributed by atoms with Gasteiger partial charge in [0.2, 0.25) is 0 Å². The zero-order chi connectivity index (χ0) is 14.7. The molecular weight excluding hydrogens is 262 g/mol. The third-order valence-corrected chi connectivity index (χ3v) is 2.97. The molecule has 0 aliphatic heterocycles. The molecule has 0 aliphatic carbocycles. The minimum absolute atomic E-state index is 0.249. The molecule has 0 fully saturated rings. The molecule has 0 unspecified atom stereocenters. The summed E-state index contributed by atoms with van der Waals surface area (Å²) < 4.78 is 6.39. The maximum absolute atomic E-state index is 12.1. The zero-order valence-electron chi connectivity index (χ0n) is 11.2. The Bertz CT molecular complexity index is 622. The Morgan fingerprint density at radius 1 is 1.45 bits per heavy atom. The van der Waals surface area contributed by atoms with Crippen molar-refractivity contribution in [2.75, 3.05) is 0 Å². The van der Waals surface area contributed by atoms with Gasteiger partial charge in [-0.1, -0.05) is 5.16 Å². The average Bonchev–Trinajstić information content (AvgIpc) is 2.94. The summed E-state index contributed by atoms with van der Waals surface area (Å²) in [7, 11) is 0. The first kappa shape index (κ1) is 13.9. The van der Waals surface area contributed by atoms with Gasteiger partial charge in [-0.15, -0.1) is 0 Å². The van der Waals surface area contributed by atoms with E-state index in [1.54, 1.807) is 32.2 Å². The number of aliphatic carboxylic acids is 1. The van der Waals surface area contributed by atoms with Crippen LogP contribution in [0.5, 0.6) is 0 Å². The number of hydrogen-bond acceptors (Lipinski definition) is 4. The second kappa shape index (κ2) is 5.60. The summed E-state index contributed by atoms with van der Waals surface area (Å²) in [5, 5.41) is 15.3. The van der Waals surface area contributed by atoms with Gasteiger partial charge in [-0.3, -0.25) is 9.59 Å². The molecule has 106 valence electrons. The lowest BCUT2D eigenvalue weighted by Gasteiger charge is -2.07. The molecule has 0 saturated carbocycles. The Balaban J connectivity index is 2.06. The van der Waals surface area contributed by atoms with Crippen LogP contribution < -0.4 is 5.32 Å². The van der Waals surface area contributed by atoms with Crippen LogP contribution >= 0.6 is 0 Å². The monoisotopic (exact) mass is 277 g/mol. The number of carbonyl (C=O) groups is 2. The Kier molecular flexibility index (Phi) is 3.88. The summed E-state index contributed by atoms with van der Waals surface area (Å²) in [6, 6.07) is 3.21. The number of rotatable bonds is 5. The Morgan fingerprint density at radius 3 is 2.80 bits per heavy atom. The Hall–Kier alpha value is -2.57. The second-order valence-electron chi connectivity index (χ2n) is 4.40. The number of nitrogens with zero attached hydrogens (tertiary/aromatic N) is 2. The van der Waals surface area contributed by atoms with Crippen LogP contribution in [0.25, 0.3) is 0 Å². The molecule has 0 bridgehead atoms. The van der Waals surface area contributed by atoms with Gasteiger partial charge in [-0.05, 0) is 26.0 Å². The summed E-state index contributed by atoms with van der Waals surface area (Å²) in [4.78, 5) is 22.8. The summed E-state index contributed by atoms with van der Waals surface area (Å²) >= 11 is 0. The summed E-state index contributed by atoms with van der Waals surface area (Å²) in [6.45, 7) is 3.61. The first-order valence-corrected chi connectivity index (χ1v) is 6.06. The van der Waals surface area contributed by atoms with Crippen LogP contribution in [0.15, 0.2) is 22.9 Å². The zero-order valence-corrected chi connectivity index (χ0v) is 11.2. The third-order valence-electron chi connectivity index (χ3n) is 2.97. The fourth-order valence-electron chi connectivity index (χ4n) is 1.92. The van der Waals surface area contributed by atoms with Gasteiger partial charge in [0.05, 0.1) is 5.69 Å². The first-order valence-electron chi connectivity index (χ1n) is 6.06. The van der Waals surface area contributed by atoms with Crippen molar-refractivity contribution in [3.63, 3.8) is 0 Å². The first-order chi connectivity index (χ1) is 9.49. The molecule has 2 heterocycles. The third kappa shape index (κ3) is 2.87. The number of carbonyl (C=O) groups excluding carboxylic acids is 1. The topological polar surface area (TPSA) is 97.4 Å². The highest BCUT2D eigenvalue weighted by Crippen LogP contribution is 2.12. The van der Waals surface area contributed by atoms with Crippen molar-refractivity contribution in [2.45, 2.75) is 26.9 Å². The number of carboxylic acids is 1. The molecule has 7 heteroatoms. The lowest BCUT2D eigenvalue weighted by Crippen LogP contribution is -2.26. The molecule has 0 radical (unpaired) electrons. The summed E-state index contributed by atoms with van der Waals surface area (Å²) in [5.74, 6) is -0.680. The van der Waals surface area contributed by atoms with E-state index in [0.29, 0.717) is 11.5 Å². The van der Waals surface area contributed by atoms with Gasteiger partial charge < -0.3 is 19.5 Å². The van der Waals surface area contributed by atoms with Crippen LogP contribution in [-0.2, 0) is 17.9 Å². The van der Waals surface area contributed by atoms with E-state index in [4.69, 9.17) is 9.63 Å². The minimum Gasteiger partial charge on any atom is -0.480 e. The molecule has 2 aromatic rings. The van der Waals surface area contributed by atoms with Crippen LogP contribution in [0.2, 0.25) is 0 Å². The molecule has 0 aliphatic rings. The smallest absolute Gasteiger partial charge is 0.323 e. The Labute approximate surface area is 115 Å². The van der Waals surface area contributed by atoms with Gasteiger partial charge in [-0.2, -0.15) is 0 Å². The van der Waals surface area contributed by atoms with Crippen molar-refractivity contribution in [1.29, 1.82) is 0 Å². The van der Waals surface area contributed by atoms with Crippen LogP contribution in [-0.4, -0.2) is 26.7 Å². The number of hydrogen-bond donors (Lipinski definition) is 2. The quantitative estimate of drug-likeness (QED) is 0.853. The van der Waals surface area contributed by atoms with Crippen LogP contribution in [0.3, 0.4) is 0 Å².